The van der Waals surface area contributed by atoms with E-state index < -0.39 is 11.0 Å². The van der Waals surface area contributed by atoms with Crippen molar-refractivity contribution in [1.82, 2.24) is 15.2 Å². The van der Waals surface area contributed by atoms with Crippen LogP contribution in [-0.2, 0) is 6.61 Å². The second kappa shape index (κ2) is 7.29. The molecular weight excluding hydrogens is 346 g/mol. The molecule has 8 nitrogen and oxygen atoms in total. The van der Waals surface area contributed by atoms with Gasteiger partial charge in [-0.05, 0) is 23.8 Å². The summed E-state index contributed by atoms with van der Waals surface area (Å²) in [7, 11) is 0. The second-order valence-corrected chi connectivity index (χ2v) is 5.65. The van der Waals surface area contributed by atoms with E-state index in [-0.39, 0.29) is 12.3 Å². The Labute approximate surface area is 147 Å². The van der Waals surface area contributed by atoms with Crippen molar-refractivity contribution in [2.45, 2.75) is 12.6 Å². The van der Waals surface area contributed by atoms with Crippen LogP contribution in [0.2, 0.25) is 5.02 Å². The van der Waals surface area contributed by atoms with Crippen LogP contribution in [-0.4, -0.2) is 20.1 Å². The van der Waals surface area contributed by atoms with E-state index in [1.807, 2.05) is 12.1 Å². The first kappa shape index (κ1) is 16.9. The van der Waals surface area contributed by atoms with E-state index in [0.717, 1.165) is 5.56 Å². The molecule has 0 saturated heterocycles. The van der Waals surface area contributed by atoms with E-state index in [2.05, 4.69) is 15.2 Å². The van der Waals surface area contributed by atoms with Gasteiger partial charge in [-0.1, -0.05) is 29.8 Å². The zero-order chi connectivity index (χ0) is 17.8. The molecule has 0 bridgehead atoms. The van der Waals surface area contributed by atoms with E-state index in [1.165, 1.54) is 12.1 Å². The van der Waals surface area contributed by atoms with Crippen LogP contribution in [0.15, 0.2) is 48.5 Å². The molecule has 1 unspecified atom stereocenters. The number of rotatable bonds is 6. The third kappa shape index (κ3) is 4.11. The number of ether oxygens (including phenoxy) is 1. The first-order valence-electron chi connectivity index (χ1n) is 7.32. The minimum atomic E-state index is -0.500. The standard InChI is InChI=1S/C16H14ClN5O3/c17-11-6-4-10(5-7-11)15(18)16-19-14(20-21-16)9-25-13-3-1-2-12(8-13)22(23)24/h1-8,15H,9,18H2,(H,19,20,21). The zero-order valence-corrected chi connectivity index (χ0v) is 13.7. The Morgan fingerprint density at radius 1 is 1.28 bits per heavy atom. The lowest BCUT2D eigenvalue weighted by molar-refractivity contribution is -0.384. The molecule has 9 heteroatoms. The maximum Gasteiger partial charge on any atom is 0.273 e. The molecule has 3 aromatic rings. The number of nitro benzene ring substituents is 1. The van der Waals surface area contributed by atoms with Crippen LogP contribution in [0.25, 0.3) is 0 Å². The number of nitrogens with zero attached hydrogens (tertiary/aromatic N) is 3. The monoisotopic (exact) mass is 359 g/mol. The first-order valence-corrected chi connectivity index (χ1v) is 7.70. The Kier molecular flexibility index (Phi) is 4.92. The van der Waals surface area contributed by atoms with Gasteiger partial charge in [0.05, 0.1) is 17.0 Å². The van der Waals surface area contributed by atoms with E-state index in [9.17, 15) is 10.1 Å². The molecule has 0 amide bonds. The summed E-state index contributed by atoms with van der Waals surface area (Å²) in [5, 5.41) is 18.2. The fourth-order valence-electron chi connectivity index (χ4n) is 2.17. The van der Waals surface area contributed by atoms with Gasteiger partial charge >= 0.3 is 0 Å². The van der Waals surface area contributed by atoms with Crippen molar-refractivity contribution in [2.24, 2.45) is 5.73 Å². The molecular formula is C16H14ClN5O3. The SMILES string of the molecule is NC(c1ccc(Cl)cc1)c1n[nH]c(COc2cccc([N+](=O)[O-])c2)n1. The summed E-state index contributed by atoms with van der Waals surface area (Å²) in [4.78, 5) is 14.6. The summed E-state index contributed by atoms with van der Waals surface area (Å²) < 4.78 is 5.50. The van der Waals surface area contributed by atoms with Crippen molar-refractivity contribution >= 4 is 17.3 Å². The van der Waals surface area contributed by atoms with Crippen molar-refractivity contribution in [3.05, 3.63) is 80.9 Å². The van der Waals surface area contributed by atoms with Gasteiger partial charge in [0, 0.05) is 11.1 Å². The number of aromatic amines is 1. The highest BCUT2D eigenvalue weighted by Crippen LogP contribution is 2.21. The fraction of sp³-hybridized carbons (Fsp3) is 0.125. The number of H-pyrrole nitrogens is 1. The molecule has 1 atom stereocenters. The van der Waals surface area contributed by atoms with Crippen molar-refractivity contribution in [2.75, 3.05) is 0 Å². The Balaban J connectivity index is 1.66. The Morgan fingerprint density at radius 3 is 2.76 bits per heavy atom. The van der Waals surface area contributed by atoms with E-state index in [0.29, 0.717) is 22.4 Å². The number of aromatic nitrogens is 3. The summed E-state index contributed by atoms with van der Waals surface area (Å²) in [6.07, 6.45) is 0. The van der Waals surface area contributed by atoms with Crippen molar-refractivity contribution in [3.8, 4) is 5.75 Å². The van der Waals surface area contributed by atoms with Gasteiger partial charge in [-0.15, -0.1) is 0 Å². The molecule has 0 radical (unpaired) electrons. The number of halogens is 1. The highest BCUT2D eigenvalue weighted by molar-refractivity contribution is 6.30. The molecule has 0 spiro atoms. The Hall–Kier alpha value is -2.97. The number of nitro groups is 1. The van der Waals surface area contributed by atoms with Crippen molar-refractivity contribution in [3.63, 3.8) is 0 Å². The van der Waals surface area contributed by atoms with Crippen LogP contribution in [0.4, 0.5) is 5.69 Å². The third-order valence-electron chi connectivity index (χ3n) is 3.46. The van der Waals surface area contributed by atoms with Crippen LogP contribution in [0.1, 0.15) is 23.3 Å². The molecule has 1 heterocycles. The van der Waals surface area contributed by atoms with Crippen LogP contribution >= 0.6 is 11.6 Å². The van der Waals surface area contributed by atoms with Gasteiger partial charge in [-0.3, -0.25) is 15.2 Å². The minimum Gasteiger partial charge on any atom is -0.485 e. The van der Waals surface area contributed by atoms with Crippen LogP contribution in [0.5, 0.6) is 5.75 Å². The van der Waals surface area contributed by atoms with E-state index in [4.69, 9.17) is 22.1 Å². The fourth-order valence-corrected chi connectivity index (χ4v) is 2.30. The maximum atomic E-state index is 10.8. The number of hydrogen-bond acceptors (Lipinski definition) is 6. The normalized spacial score (nSPS) is 11.9. The topological polar surface area (TPSA) is 120 Å². The summed E-state index contributed by atoms with van der Waals surface area (Å²) in [5.41, 5.74) is 6.92. The van der Waals surface area contributed by atoms with Gasteiger partial charge in [0.25, 0.3) is 5.69 Å². The highest BCUT2D eigenvalue weighted by Gasteiger charge is 2.15. The Bertz CT molecular complexity index is 881. The van der Waals surface area contributed by atoms with Crippen molar-refractivity contribution in [1.29, 1.82) is 0 Å². The third-order valence-corrected chi connectivity index (χ3v) is 3.71. The predicted molar refractivity (Wildman–Crippen MR) is 91.3 cm³/mol. The summed E-state index contributed by atoms with van der Waals surface area (Å²) in [6, 6.07) is 12.5. The summed E-state index contributed by atoms with van der Waals surface area (Å²) >= 11 is 5.86. The zero-order valence-electron chi connectivity index (χ0n) is 12.9. The van der Waals surface area contributed by atoms with Crippen LogP contribution in [0, 0.1) is 10.1 Å². The number of nitrogens with two attached hydrogens (primary N) is 1. The molecule has 2 aromatic carbocycles. The highest BCUT2D eigenvalue weighted by atomic mass is 35.5. The number of non-ortho nitro benzene ring substituents is 1. The van der Waals surface area contributed by atoms with Gasteiger partial charge in [-0.25, -0.2) is 4.98 Å². The van der Waals surface area contributed by atoms with Gasteiger partial charge < -0.3 is 10.5 Å². The van der Waals surface area contributed by atoms with E-state index in [1.54, 1.807) is 24.3 Å². The smallest absolute Gasteiger partial charge is 0.273 e. The average molecular weight is 360 g/mol. The second-order valence-electron chi connectivity index (χ2n) is 5.21. The first-order chi connectivity index (χ1) is 12.0. The molecule has 3 N–H and O–H groups in total. The molecule has 3 rings (SSSR count). The number of benzene rings is 2. The van der Waals surface area contributed by atoms with Crippen LogP contribution in [0.3, 0.4) is 0 Å². The quantitative estimate of drug-likeness (QED) is 0.515. The molecule has 0 aliphatic heterocycles. The molecule has 0 saturated carbocycles. The predicted octanol–water partition coefficient (Wildman–Crippen LogP) is 2.99. The average Bonchev–Trinajstić information content (AvgIpc) is 3.09. The number of nitrogens with one attached hydrogen (secondary N) is 1. The van der Waals surface area contributed by atoms with Crippen LogP contribution < -0.4 is 10.5 Å². The lowest BCUT2D eigenvalue weighted by atomic mass is 10.1. The minimum absolute atomic E-state index is 0.0412. The van der Waals surface area contributed by atoms with Gasteiger partial charge in [0.2, 0.25) is 0 Å². The lowest BCUT2D eigenvalue weighted by Gasteiger charge is -2.07. The molecule has 1 aromatic heterocycles. The molecule has 0 aliphatic carbocycles. The van der Waals surface area contributed by atoms with Gasteiger partial charge in [0.15, 0.2) is 11.6 Å². The Morgan fingerprint density at radius 2 is 2.04 bits per heavy atom. The van der Waals surface area contributed by atoms with Crippen molar-refractivity contribution < 1.29 is 9.66 Å². The lowest BCUT2D eigenvalue weighted by Crippen LogP contribution is -2.13. The molecule has 0 aliphatic rings. The van der Waals surface area contributed by atoms with Gasteiger partial charge in [0.1, 0.15) is 12.4 Å². The van der Waals surface area contributed by atoms with E-state index >= 15 is 0 Å². The molecule has 25 heavy (non-hydrogen) atoms. The number of hydrogen-bond donors (Lipinski definition) is 2. The molecule has 128 valence electrons. The largest absolute Gasteiger partial charge is 0.485 e. The summed E-state index contributed by atoms with van der Waals surface area (Å²) in [5.74, 6) is 1.25. The summed E-state index contributed by atoms with van der Waals surface area (Å²) in [6.45, 7) is 0.0848. The van der Waals surface area contributed by atoms with Gasteiger partial charge in [-0.2, -0.15) is 5.10 Å². The maximum absolute atomic E-state index is 10.8. The molecule has 0 fully saturated rings.